The Morgan fingerprint density at radius 2 is 2.00 bits per heavy atom. The second kappa shape index (κ2) is 6.26. The lowest BCUT2D eigenvalue weighted by molar-refractivity contribution is 0.136. The van der Waals surface area contributed by atoms with Crippen LogP contribution in [0.1, 0.15) is 45.6 Å². The molecular weight excluding hydrogens is 360 g/mol. The van der Waals surface area contributed by atoms with Crippen molar-refractivity contribution in [3.63, 3.8) is 0 Å². The van der Waals surface area contributed by atoms with Gasteiger partial charge in [-0.3, -0.25) is 0 Å². The Labute approximate surface area is 165 Å². The number of hydrogen-bond donors (Lipinski definition) is 1. The fourth-order valence-corrected chi connectivity index (χ4v) is 5.30. The molecule has 1 aromatic carbocycles. The third-order valence-corrected chi connectivity index (χ3v) is 6.28. The zero-order chi connectivity index (χ0) is 19.4. The second-order valence-electron chi connectivity index (χ2n) is 9.27. The lowest BCUT2D eigenvalue weighted by Gasteiger charge is -2.39. The fraction of sp³-hybridized carbons (Fsp3) is 0.524. The van der Waals surface area contributed by atoms with E-state index >= 15 is 0 Å². The van der Waals surface area contributed by atoms with Crippen molar-refractivity contribution < 1.29 is 4.74 Å². The molecule has 2 aliphatic rings. The van der Waals surface area contributed by atoms with Crippen molar-refractivity contribution in [1.82, 2.24) is 9.97 Å². The number of anilines is 2. The van der Waals surface area contributed by atoms with Gasteiger partial charge in [0.15, 0.2) is 5.82 Å². The van der Waals surface area contributed by atoms with E-state index in [4.69, 9.17) is 22.1 Å². The highest BCUT2D eigenvalue weighted by Crippen LogP contribution is 2.54. The van der Waals surface area contributed by atoms with Crippen LogP contribution >= 0.6 is 11.6 Å². The third kappa shape index (κ3) is 3.45. The first-order chi connectivity index (χ1) is 12.7. The molecule has 1 aromatic heterocycles. The monoisotopic (exact) mass is 386 g/mol. The molecule has 6 heteroatoms. The zero-order valence-electron chi connectivity index (χ0n) is 16.4. The molecule has 2 fully saturated rings. The smallest absolute Gasteiger partial charge is 0.248 e. The van der Waals surface area contributed by atoms with Gasteiger partial charge >= 0.3 is 0 Å². The highest BCUT2D eigenvalue weighted by molar-refractivity contribution is 6.31. The Balaban J connectivity index is 1.64. The van der Waals surface area contributed by atoms with Crippen LogP contribution < -0.4 is 15.4 Å². The SMILES string of the molecule is Cc1cc(Oc2ncnc(N3CC4(C)CC3CC(C)(C)C4)c2N)ccc1Cl. The van der Waals surface area contributed by atoms with E-state index in [1.165, 1.54) is 12.8 Å². The predicted octanol–water partition coefficient (Wildman–Crippen LogP) is 5.22. The predicted molar refractivity (Wildman–Crippen MR) is 110 cm³/mol. The average molecular weight is 387 g/mol. The Bertz CT molecular complexity index is 884. The summed E-state index contributed by atoms with van der Waals surface area (Å²) in [5.41, 5.74) is 8.55. The molecule has 0 spiro atoms. The molecule has 2 N–H and O–H groups in total. The number of fused-ring (bicyclic) bond motifs is 2. The van der Waals surface area contributed by atoms with Crippen LogP contribution in [0.4, 0.5) is 11.5 Å². The molecule has 4 rings (SSSR count). The minimum absolute atomic E-state index is 0.304. The molecule has 1 saturated heterocycles. The van der Waals surface area contributed by atoms with Gasteiger partial charge in [0.2, 0.25) is 5.88 Å². The van der Waals surface area contributed by atoms with Gasteiger partial charge in [-0.2, -0.15) is 4.98 Å². The highest BCUT2D eigenvalue weighted by Gasteiger charge is 2.50. The van der Waals surface area contributed by atoms with Gasteiger partial charge in [0, 0.05) is 17.6 Å². The normalized spacial score (nSPS) is 26.3. The van der Waals surface area contributed by atoms with Crippen LogP contribution in [0.2, 0.25) is 5.02 Å². The molecule has 1 aliphatic carbocycles. The van der Waals surface area contributed by atoms with E-state index in [0.717, 1.165) is 24.3 Å². The molecule has 27 heavy (non-hydrogen) atoms. The second-order valence-corrected chi connectivity index (χ2v) is 9.68. The first-order valence-corrected chi connectivity index (χ1v) is 9.85. The third-order valence-electron chi connectivity index (χ3n) is 5.86. The summed E-state index contributed by atoms with van der Waals surface area (Å²) >= 11 is 6.10. The number of nitrogens with two attached hydrogens (primary N) is 1. The molecule has 0 amide bonds. The van der Waals surface area contributed by atoms with Gasteiger partial charge in [0.25, 0.3) is 0 Å². The minimum atomic E-state index is 0.304. The molecule has 1 aliphatic heterocycles. The Kier molecular flexibility index (Phi) is 4.26. The fourth-order valence-electron chi connectivity index (χ4n) is 5.18. The quantitative estimate of drug-likeness (QED) is 0.783. The van der Waals surface area contributed by atoms with Crippen LogP contribution in [0.5, 0.6) is 11.6 Å². The number of benzene rings is 1. The van der Waals surface area contributed by atoms with Gasteiger partial charge in [0.05, 0.1) is 0 Å². The summed E-state index contributed by atoms with van der Waals surface area (Å²) in [7, 11) is 0. The van der Waals surface area contributed by atoms with Crippen LogP contribution in [-0.4, -0.2) is 22.6 Å². The van der Waals surface area contributed by atoms with Crippen LogP contribution in [-0.2, 0) is 0 Å². The Hall–Kier alpha value is -2.01. The summed E-state index contributed by atoms with van der Waals surface area (Å²) in [6.07, 6.45) is 5.11. The van der Waals surface area contributed by atoms with E-state index in [1.54, 1.807) is 6.33 Å². The molecule has 1 saturated carbocycles. The van der Waals surface area contributed by atoms with Crippen molar-refractivity contribution in [3.8, 4) is 11.6 Å². The first kappa shape index (κ1) is 18.4. The Morgan fingerprint density at radius 1 is 1.22 bits per heavy atom. The summed E-state index contributed by atoms with van der Waals surface area (Å²) in [5, 5.41) is 0.707. The number of rotatable bonds is 3. The largest absolute Gasteiger partial charge is 0.437 e. The minimum Gasteiger partial charge on any atom is -0.437 e. The summed E-state index contributed by atoms with van der Waals surface area (Å²) in [6.45, 7) is 10.0. The summed E-state index contributed by atoms with van der Waals surface area (Å²) < 4.78 is 5.96. The van der Waals surface area contributed by atoms with E-state index in [2.05, 4.69) is 35.6 Å². The van der Waals surface area contributed by atoms with Crippen molar-refractivity contribution in [2.45, 2.75) is 53.0 Å². The molecule has 2 bridgehead atoms. The van der Waals surface area contributed by atoms with E-state index in [9.17, 15) is 0 Å². The van der Waals surface area contributed by atoms with Gasteiger partial charge < -0.3 is 15.4 Å². The van der Waals surface area contributed by atoms with Crippen LogP contribution in [0, 0.1) is 17.8 Å². The van der Waals surface area contributed by atoms with E-state index in [0.29, 0.717) is 39.2 Å². The number of halogens is 1. The maximum atomic E-state index is 6.45. The lowest BCUT2D eigenvalue weighted by Crippen LogP contribution is -2.35. The summed E-state index contributed by atoms with van der Waals surface area (Å²) in [5.74, 6) is 1.85. The van der Waals surface area contributed by atoms with Crippen LogP contribution in [0.15, 0.2) is 24.5 Å². The summed E-state index contributed by atoms with van der Waals surface area (Å²) in [4.78, 5) is 11.2. The van der Waals surface area contributed by atoms with Gasteiger partial charge in [-0.1, -0.05) is 32.4 Å². The van der Waals surface area contributed by atoms with Crippen molar-refractivity contribution in [1.29, 1.82) is 0 Å². The summed E-state index contributed by atoms with van der Waals surface area (Å²) in [6, 6.07) is 5.98. The van der Waals surface area contributed by atoms with E-state index in [-0.39, 0.29) is 0 Å². The standard InChI is InChI=1S/C21H27ClN4O/c1-13-7-15(5-6-16(13)22)27-19-17(23)18(24-12-25-19)26-11-21(4)9-14(26)8-20(2,3)10-21/h5-7,12,14H,8-11,23H2,1-4H3. The number of ether oxygens (including phenoxy) is 1. The van der Waals surface area contributed by atoms with Gasteiger partial charge in [-0.15, -0.1) is 0 Å². The van der Waals surface area contributed by atoms with E-state index < -0.39 is 0 Å². The number of aryl methyl sites for hydroxylation is 1. The number of nitrogen functional groups attached to an aromatic ring is 1. The number of aromatic nitrogens is 2. The number of hydrogen-bond acceptors (Lipinski definition) is 5. The first-order valence-electron chi connectivity index (χ1n) is 9.47. The van der Waals surface area contributed by atoms with Crippen molar-refractivity contribution in [2.24, 2.45) is 10.8 Å². The maximum Gasteiger partial charge on any atom is 0.248 e. The molecule has 144 valence electrons. The molecule has 0 radical (unpaired) electrons. The zero-order valence-corrected chi connectivity index (χ0v) is 17.2. The highest BCUT2D eigenvalue weighted by atomic mass is 35.5. The van der Waals surface area contributed by atoms with Crippen molar-refractivity contribution in [3.05, 3.63) is 35.1 Å². The van der Waals surface area contributed by atoms with Crippen molar-refractivity contribution >= 4 is 23.1 Å². The van der Waals surface area contributed by atoms with Crippen LogP contribution in [0.25, 0.3) is 0 Å². The van der Waals surface area contributed by atoms with Gasteiger partial charge in [-0.05, 0) is 60.8 Å². The number of nitrogens with zero attached hydrogens (tertiary/aromatic N) is 3. The lowest BCUT2D eigenvalue weighted by atomic mass is 9.65. The molecule has 5 nitrogen and oxygen atoms in total. The molecule has 2 atom stereocenters. The molecule has 2 aromatic rings. The van der Waals surface area contributed by atoms with Gasteiger partial charge in [-0.25, -0.2) is 4.98 Å². The molecule has 2 heterocycles. The average Bonchev–Trinajstić information content (AvgIpc) is 2.82. The molecular formula is C21H27ClN4O. The van der Waals surface area contributed by atoms with E-state index in [1.807, 2.05) is 25.1 Å². The topological polar surface area (TPSA) is 64.3 Å². The van der Waals surface area contributed by atoms with Gasteiger partial charge in [0.1, 0.15) is 17.8 Å². The van der Waals surface area contributed by atoms with Crippen molar-refractivity contribution in [2.75, 3.05) is 17.2 Å². The Morgan fingerprint density at radius 3 is 2.74 bits per heavy atom. The maximum absolute atomic E-state index is 6.45. The molecule has 2 unspecified atom stereocenters. The van der Waals surface area contributed by atoms with Crippen LogP contribution in [0.3, 0.4) is 0 Å².